The molecule has 3 aromatic rings. The summed E-state index contributed by atoms with van der Waals surface area (Å²) in [6.07, 6.45) is 0.857. The molecule has 1 heterocycles. The Morgan fingerprint density at radius 1 is 1.04 bits per heavy atom. The minimum Gasteiger partial charge on any atom is -0.496 e. The number of methoxy groups -OCH3 is 1. The van der Waals surface area contributed by atoms with Crippen molar-refractivity contribution >= 4 is 16.9 Å². The van der Waals surface area contributed by atoms with E-state index in [0.717, 1.165) is 28.8 Å². The first-order valence-electron chi connectivity index (χ1n) is 9.10. The molecule has 0 aliphatic heterocycles. The minimum atomic E-state index is -0.142. The van der Waals surface area contributed by atoms with E-state index in [1.165, 1.54) is 0 Å². The molecule has 3 rings (SSSR count). The maximum Gasteiger partial charge on any atom is 0.329 e. The van der Waals surface area contributed by atoms with Crippen molar-refractivity contribution in [1.82, 2.24) is 14.0 Å². The van der Waals surface area contributed by atoms with Crippen molar-refractivity contribution in [3.8, 4) is 5.75 Å². The van der Waals surface area contributed by atoms with E-state index in [1.807, 2.05) is 55.5 Å². The highest BCUT2D eigenvalue weighted by Crippen LogP contribution is 2.19. The van der Waals surface area contributed by atoms with Gasteiger partial charge in [0.2, 0.25) is 5.91 Å². The van der Waals surface area contributed by atoms with Crippen molar-refractivity contribution in [3.63, 3.8) is 0 Å². The number of carbonyl (C=O) groups excluding carboxylic acids is 1. The van der Waals surface area contributed by atoms with E-state index in [4.69, 9.17) is 4.74 Å². The molecule has 1 amide bonds. The average molecular weight is 367 g/mol. The summed E-state index contributed by atoms with van der Waals surface area (Å²) in [6, 6.07) is 15.2. The molecular weight excluding hydrogens is 342 g/mol. The Kier molecular flexibility index (Phi) is 5.64. The Hall–Kier alpha value is -3.02. The van der Waals surface area contributed by atoms with Gasteiger partial charge in [0.25, 0.3) is 0 Å². The Labute approximate surface area is 158 Å². The fourth-order valence-corrected chi connectivity index (χ4v) is 3.30. The third-order valence-corrected chi connectivity index (χ3v) is 4.69. The summed E-state index contributed by atoms with van der Waals surface area (Å²) in [5, 5.41) is 0. The molecule has 0 saturated heterocycles. The molecule has 0 aliphatic rings. The smallest absolute Gasteiger partial charge is 0.329 e. The molecule has 1 aromatic heterocycles. The molecule has 0 unspecified atom stereocenters. The topological polar surface area (TPSA) is 56.5 Å². The average Bonchev–Trinajstić information content (AvgIpc) is 2.94. The number of aromatic nitrogens is 2. The second kappa shape index (κ2) is 8.12. The van der Waals surface area contributed by atoms with Gasteiger partial charge in [0.05, 0.1) is 18.1 Å². The highest BCUT2D eigenvalue weighted by atomic mass is 16.5. The van der Waals surface area contributed by atoms with E-state index in [-0.39, 0.29) is 18.1 Å². The summed E-state index contributed by atoms with van der Waals surface area (Å²) >= 11 is 0. The van der Waals surface area contributed by atoms with Crippen LogP contribution in [-0.2, 0) is 24.4 Å². The molecule has 0 atom stereocenters. The van der Waals surface area contributed by atoms with Crippen molar-refractivity contribution in [2.45, 2.75) is 33.0 Å². The number of hydrogen-bond acceptors (Lipinski definition) is 3. The summed E-state index contributed by atoms with van der Waals surface area (Å²) in [4.78, 5) is 27.2. The number of benzene rings is 2. The van der Waals surface area contributed by atoms with Crippen LogP contribution in [0.1, 0.15) is 18.9 Å². The zero-order chi connectivity index (χ0) is 19.4. The lowest BCUT2D eigenvalue weighted by Gasteiger charge is -2.19. The third-order valence-electron chi connectivity index (χ3n) is 4.69. The van der Waals surface area contributed by atoms with Gasteiger partial charge in [-0.05, 0) is 24.6 Å². The van der Waals surface area contributed by atoms with Gasteiger partial charge in [-0.1, -0.05) is 37.3 Å². The number of imidazole rings is 1. The number of fused-ring (bicyclic) bond motifs is 1. The van der Waals surface area contributed by atoms with E-state index >= 15 is 0 Å². The third kappa shape index (κ3) is 3.74. The number of para-hydroxylation sites is 3. The number of likely N-dealkylation sites (N-methyl/N-ethyl adjacent to an activating group) is 1. The van der Waals surface area contributed by atoms with Crippen LogP contribution in [0.5, 0.6) is 5.75 Å². The first-order chi connectivity index (χ1) is 13.1. The Morgan fingerprint density at radius 3 is 2.33 bits per heavy atom. The predicted molar refractivity (Wildman–Crippen MR) is 106 cm³/mol. The van der Waals surface area contributed by atoms with Gasteiger partial charge in [0.1, 0.15) is 12.3 Å². The number of rotatable bonds is 7. The number of nitrogens with zero attached hydrogens (tertiary/aromatic N) is 3. The maximum atomic E-state index is 12.8. The molecule has 0 radical (unpaired) electrons. The quantitative estimate of drug-likeness (QED) is 0.645. The van der Waals surface area contributed by atoms with Crippen LogP contribution in [-0.4, -0.2) is 34.1 Å². The zero-order valence-corrected chi connectivity index (χ0v) is 16.0. The Morgan fingerprint density at radius 2 is 1.67 bits per heavy atom. The molecule has 0 N–H and O–H groups in total. The molecule has 6 nitrogen and oxygen atoms in total. The van der Waals surface area contributed by atoms with Crippen LogP contribution in [0.25, 0.3) is 11.0 Å². The summed E-state index contributed by atoms with van der Waals surface area (Å²) in [5.41, 5.74) is 2.44. The molecule has 0 saturated carbocycles. The zero-order valence-electron chi connectivity index (χ0n) is 16.0. The lowest BCUT2D eigenvalue weighted by atomic mass is 10.2. The van der Waals surface area contributed by atoms with Gasteiger partial charge in [0.15, 0.2) is 0 Å². The van der Waals surface area contributed by atoms with Crippen molar-refractivity contribution in [2.75, 3.05) is 14.2 Å². The summed E-state index contributed by atoms with van der Waals surface area (Å²) in [6.45, 7) is 3.11. The number of carbonyl (C=O) groups is 1. The monoisotopic (exact) mass is 367 g/mol. The normalized spacial score (nSPS) is 10.9. The van der Waals surface area contributed by atoms with E-state index in [2.05, 4.69) is 0 Å². The lowest BCUT2D eigenvalue weighted by molar-refractivity contribution is -0.131. The number of ether oxygens (including phenoxy) is 1. The highest BCUT2D eigenvalue weighted by Gasteiger charge is 2.18. The summed E-state index contributed by atoms with van der Waals surface area (Å²) in [5.74, 6) is 0.622. The summed E-state index contributed by atoms with van der Waals surface area (Å²) in [7, 11) is 3.35. The van der Waals surface area contributed by atoms with Crippen molar-refractivity contribution in [1.29, 1.82) is 0 Å². The molecule has 27 heavy (non-hydrogen) atoms. The van der Waals surface area contributed by atoms with E-state index in [1.54, 1.807) is 28.2 Å². The maximum absolute atomic E-state index is 12.8. The Bertz CT molecular complexity index is 1000. The number of hydrogen-bond donors (Lipinski definition) is 0. The van der Waals surface area contributed by atoms with Crippen LogP contribution in [0.4, 0.5) is 0 Å². The van der Waals surface area contributed by atoms with Gasteiger partial charge in [0, 0.05) is 25.7 Å². The first kappa shape index (κ1) is 18.8. The number of amides is 1. The van der Waals surface area contributed by atoms with Gasteiger partial charge in [-0.3, -0.25) is 13.9 Å². The van der Waals surface area contributed by atoms with Gasteiger partial charge in [-0.15, -0.1) is 0 Å². The van der Waals surface area contributed by atoms with Gasteiger partial charge in [-0.2, -0.15) is 0 Å². The molecule has 0 spiro atoms. The largest absolute Gasteiger partial charge is 0.496 e. The molecule has 0 bridgehead atoms. The molecule has 6 heteroatoms. The van der Waals surface area contributed by atoms with Crippen molar-refractivity contribution < 1.29 is 9.53 Å². The predicted octanol–water partition coefficient (Wildman–Crippen LogP) is 2.88. The van der Waals surface area contributed by atoms with Crippen LogP contribution in [0, 0.1) is 0 Å². The van der Waals surface area contributed by atoms with E-state index in [0.29, 0.717) is 13.1 Å². The van der Waals surface area contributed by atoms with Crippen LogP contribution >= 0.6 is 0 Å². The molecule has 0 fully saturated rings. The van der Waals surface area contributed by atoms with Crippen LogP contribution < -0.4 is 10.4 Å². The standard InChI is InChI=1S/C21H25N3O3/c1-4-13-23-17-10-6-7-11-18(17)24(21(23)26)15-20(25)22(2)14-16-9-5-8-12-19(16)27-3/h5-12H,4,13-15H2,1-3H3. The minimum absolute atomic E-state index is 0.0156. The van der Waals surface area contributed by atoms with E-state index < -0.39 is 0 Å². The van der Waals surface area contributed by atoms with Gasteiger partial charge < -0.3 is 9.64 Å². The van der Waals surface area contributed by atoms with Gasteiger partial charge in [-0.25, -0.2) is 4.79 Å². The first-order valence-corrected chi connectivity index (χ1v) is 9.10. The highest BCUT2D eigenvalue weighted by molar-refractivity contribution is 5.81. The van der Waals surface area contributed by atoms with Crippen molar-refractivity contribution in [3.05, 3.63) is 64.6 Å². The SMILES string of the molecule is CCCn1c(=O)n(CC(=O)N(C)Cc2ccccc2OC)c2ccccc21. The second-order valence-electron chi connectivity index (χ2n) is 6.57. The second-order valence-corrected chi connectivity index (χ2v) is 6.57. The lowest BCUT2D eigenvalue weighted by Crippen LogP contribution is -2.34. The molecule has 2 aromatic carbocycles. The van der Waals surface area contributed by atoms with Crippen LogP contribution in [0.2, 0.25) is 0 Å². The van der Waals surface area contributed by atoms with Crippen LogP contribution in [0.3, 0.4) is 0 Å². The van der Waals surface area contributed by atoms with E-state index in [9.17, 15) is 9.59 Å². The fourth-order valence-electron chi connectivity index (χ4n) is 3.30. The fraction of sp³-hybridized carbons (Fsp3) is 0.333. The Balaban J connectivity index is 1.85. The van der Waals surface area contributed by atoms with Crippen LogP contribution in [0.15, 0.2) is 53.3 Å². The number of aryl methyl sites for hydroxylation is 1. The molecular formula is C21H25N3O3. The van der Waals surface area contributed by atoms with Gasteiger partial charge >= 0.3 is 5.69 Å². The summed E-state index contributed by atoms with van der Waals surface area (Å²) < 4.78 is 8.66. The molecule has 142 valence electrons. The molecule has 0 aliphatic carbocycles. The van der Waals surface area contributed by atoms with Crippen molar-refractivity contribution in [2.24, 2.45) is 0 Å².